The number of aliphatic hydroxyl groups excluding tert-OH is 1. The molecule has 2 rings (SSSR count). The van der Waals surface area contributed by atoms with E-state index in [1.807, 2.05) is 11.4 Å². The van der Waals surface area contributed by atoms with E-state index in [-0.39, 0.29) is 18.3 Å². The third-order valence-electron chi connectivity index (χ3n) is 3.65. The van der Waals surface area contributed by atoms with Gasteiger partial charge in [-0.05, 0) is 12.3 Å². The maximum Gasteiger partial charge on any atom is 0.270 e. The number of aliphatic hydroxyl groups is 1. The van der Waals surface area contributed by atoms with Crippen LogP contribution in [-0.4, -0.2) is 27.7 Å². The van der Waals surface area contributed by atoms with E-state index in [1.54, 1.807) is 12.1 Å². The largest absolute Gasteiger partial charge is 0.396 e. The van der Waals surface area contributed by atoms with Crippen LogP contribution in [0.2, 0.25) is 0 Å². The molecule has 0 amide bonds. The summed E-state index contributed by atoms with van der Waals surface area (Å²) in [5.41, 5.74) is 1.73. The average Bonchev–Trinajstić information content (AvgIpc) is 3.00. The molecule has 0 aliphatic rings. The Bertz CT molecular complexity index is 658. The quantitative estimate of drug-likeness (QED) is 0.571. The second kappa shape index (κ2) is 8.14. The fourth-order valence-electron chi connectivity index (χ4n) is 2.32. The summed E-state index contributed by atoms with van der Waals surface area (Å²) >= 11 is 1.47. The first-order valence-corrected chi connectivity index (χ1v) is 8.42. The number of aromatic nitrogens is 1. The van der Waals surface area contributed by atoms with Crippen LogP contribution in [0.3, 0.4) is 0 Å². The molecule has 2 N–H and O–H groups in total. The lowest BCUT2D eigenvalue weighted by atomic mass is 10.0. The zero-order chi connectivity index (χ0) is 16.8. The summed E-state index contributed by atoms with van der Waals surface area (Å²) in [5, 5.41) is 26.1. The number of thiazole rings is 1. The SMILES string of the molecule is CC(C)C(CCO)NCc1csc(-c2cccc([N+](=O)[O-])c2)n1. The molecule has 2 aromatic rings. The Labute approximate surface area is 139 Å². The summed E-state index contributed by atoms with van der Waals surface area (Å²) in [7, 11) is 0. The molecule has 1 unspecified atom stereocenters. The van der Waals surface area contributed by atoms with Gasteiger partial charge in [-0.25, -0.2) is 4.98 Å². The summed E-state index contributed by atoms with van der Waals surface area (Å²) in [6, 6.07) is 6.75. The minimum absolute atomic E-state index is 0.0696. The minimum atomic E-state index is -0.401. The number of benzene rings is 1. The third-order valence-corrected chi connectivity index (χ3v) is 4.59. The van der Waals surface area contributed by atoms with Gasteiger partial charge in [0.2, 0.25) is 0 Å². The molecule has 0 saturated carbocycles. The van der Waals surface area contributed by atoms with E-state index in [1.165, 1.54) is 17.4 Å². The van der Waals surface area contributed by atoms with Crippen molar-refractivity contribution in [2.45, 2.75) is 32.9 Å². The van der Waals surface area contributed by atoms with E-state index in [0.717, 1.165) is 16.3 Å². The average molecular weight is 335 g/mol. The summed E-state index contributed by atoms with van der Waals surface area (Å²) in [5.74, 6) is 0.428. The van der Waals surface area contributed by atoms with Gasteiger partial charge in [0, 0.05) is 42.3 Å². The Balaban J connectivity index is 2.06. The number of nitrogens with one attached hydrogen (secondary N) is 1. The molecule has 6 nitrogen and oxygen atoms in total. The van der Waals surface area contributed by atoms with Gasteiger partial charge in [0.25, 0.3) is 5.69 Å². The zero-order valence-corrected chi connectivity index (χ0v) is 14.0. The molecule has 23 heavy (non-hydrogen) atoms. The van der Waals surface area contributed by atoms with Crippen LogP contribution < -0.4 is 5.32 Å². The molecular weight excluding hydrogens is 314 g/mol. The van der Waals surface area contributed by atoms with Gasteiger partial charge in [-0.3, -0.25) is 10.1 Å². The topological polar surface area (TPSA) is 88.3 Å². The Morgan fingerprint density at radius 2 is 2.22 bits per heavy atom. The molecule has 0 radical (unpaired) electrons. The fraction of sp³-hybridized carbons (Fsp3) is 0.438. The lowest BCUT2D eigenvalue weighted by Crippen LogP contribution is -2.34. The molecule has 7 heteroatoms. The summed E-state index contributed by atoms with van der Waals surface area (Å²) in [6.07, 6.45) is 0.708. The third kappa shape index (κ3) is 4.82. The van der Waals surface area contributed by atoms with Gasteiger partial charge in [0.05, 0.1) is 10.6 Å². The standard InChI is InChI=1S/C16H21N3O3S/c1-11(2)15(6-7-20)17-9-13-10-23-16(18-13)12-4-3-5-14(8-12)19(21)22/h3-5,8,10-11,15,17,20H,6-7,9H2,1-2H3. The fourth-order valence-corrected chi connectivity index (χ4v) is 3.14. The van der Waals surface area contributed by atoms with Crippen molar-refractivity contribution in [2.24, 2.45) is 5.92 Å². The van der Waals surface area contributed by atoms with Gasteiger partial charge in [0.15, 0.2) is 0 Å². The lowest BCUT2D eigenvalue weighted by Gasteiger charge is -2.20. The van der Waals surface area contributed by atoms with Crippen LogP contribution in [-0.2, 0) is 6.54 Å². The lowest BCUT2D eigenvalue weighted by molar-refractivity contribution is -0.384. The van der Waals surface area contributed by atoms with Gasteiger partial charge >= 0.3 is 0 Å². The van der Waals surface area contributed by atoms with Crippen LogP contribution in [0, 0.1) is 16.0 Å². The molecule has 0 spiro atoms. The second-order valence-electron chi connectivity index (χ2n) is 5.70. The first-order valence-electron chi connectivity index (χ1n) is 7.54. The summed E-state index contributed by atoms with van der Waals surface area (Å²) in [6.45, 7) is 5.01. The number of nitro benzene ring substituents is 1. The Morgan fingerprint density at radius 3 is 2.87 bits per heavy atom. The van der Waals surface area contributed by atoms with E-state index in [9.17, 15) is 10.1 Å². The van der Waals surface area contributed by atoms with Crippen molar-refractivity contribution in [3.8, 4) is 10.6 Å². The summed E-state index contributed by atoms with van der Waals surface area (Å²) in [4.78, 5) is 15.0. The molecule has 0 saturated heterocycles. The van der Waals surface area contributed by atoms with E-state index in [2.05, 4.69) is 24.1 Å². The van der Waals surface area contributed by atoms with E-state index in [0.29, 0.717) is 18.9 Å². The van der Waals surface area contributed by atoms with Crippen molar-refractivity contribution in [3.63, 3.8) is 0 Å². The highest BCUT2D eigenvalue weighted by atomic mass is 32.1. The van der Waals surface area contributed by atoms with Crippen LogP contribution >= 0.6 is 11.3 Å². The van der Waals surface area contributed by atoms with Crippen LogP contribution in [0.1, 0.15) is 26.0 Å². The number of non-ortho nitro benzene ring substituents is 1. The normalized spacial score (nSPS) is 12.5. The molecule has 0 aliphatic carbocycles. The van der Waals surface area contributed by atoms with Gasteiger partial charge in [-0.2, -0.15) is 0 Å². The molecular formula is C16H21N3O3S. The number of hydrogen-bond acceptors (Lipinski definition) is 6. The molecule has 0 fully saturated rings. The molecule has 1 aromatic heterocycles. The number of nitro groups is 1. The predicted molar refractivity (Wildman–Crippen MR) is 91.4 cm³/mol. The summed E-state index contributed by atoms with van der Waals surface area (Å²) < 4.78 is 0. The highest BCUT2D eigenvalue weighted by Gasteiger charge is 2.14. The van der Waals surface area contributed by atoms with Gasteiger partial charge in [-0.15, -0.1) is 11.3 Å². The Morgan fingerprint density at radius 1 is 1.43 bits per heavy atom. The van der Waals surface area contributed by atoms with E-state index >= 15 is 0 Å². The van der Waals surface area contributed by atoms with Gasteiger partial charge in [0.1, 0.15) is 5.01 Å². The second-order valence-corrected chi connectivity index (χ2v) is 6.55. The van der Waals surface area contributed by atoms with Crippen molar-refractivity contribution in [2.75, 3.05) is 6.61 Å². The number of nitrogens with zero attached hydrogens (tertiary/aromatic N) is 2. The van der Waals surface area contributed by atoms with Crippen LogP contribution in [0.4, 0.5) is 5.69 Å². The highest BCUT2D eigenvalue weighted by Crippen LogP contribution is 2.26. The maximum absolute atomic E-state index is 10.9. The minimum Gasteiger partial charge on any atom is -0.396 e. The number of rotatable bonds is 8. The van der Waals surface area contributed by atoms with Gasteiger partial charge in [-0.1, -0.05) is 26.0 Å². The first kappa shape index (κ1) is 17.5. The van der Waals surface area contributed by atoms with Crippen molar-refractivity contribution in [1.29, 1.82) is 0 Å². The van der Waals surface area contributed by atoms with Crippen molar-refractivity contribution < 1.29 is 10.0 Å². The van der Waals surface area contributed by atoms with Crippen LogP contribution in [0.5, 0.6) is 0 Å². The number of hydrogen-bond donors (Lipinski definition) is 2. The van der Waals surface area contributed by atoms with Gasteiger partial charge < -0.3 is 10.4 Å². The zero-order valence-electron chi connectivity index (χ0n) is 13.2. The van der Waals surface area contributed by atoms with Crippen molar-refractivity contribution in [1.82, 2.24) is 10.3 Å². The molecule has 1 atom stereocenters. The predicted octanol–water partition coefficient (Wildman–Crippen LogP) is 3.21. The Hall–Kier alpha value is -1.83. The molecule has 124 valence electrons. The Kier molecular flexibility index (Phi) is 6.20. The molecule has 1 aromatic carbocycles. The van der Waals surface area contributed by atoms with E-state index in [4.69, 9.17) is 5.11 Å². The molecule has 0 aliphatic heterocycles. The monoisotopic (exact) mass is 335 g/mol. The molecule has 0 bridgehead atoms. The van der Waals surface area contributed by atoms with Crippen LogP contribution in [0.25, 0.3) is 10.6 Å². The highest BCUT2D eigenvalue weighted by molar-refractivity contribution is 7.13. The van der Waals surface area contributed by atoms with E-state index < -0.39 is 4.92 Å². The van der Waals surface area contributed by atoms with Crippen LogP contribution in [0.15, 0.2) is 29.6 Å². The molecule has 1 heterocycles. The smallest absolute Gasteiger partial charge is 0.270 e. The van der Waals surface area contributed by atoms with Crippen molar-refractivity contribution in [3.05, 3.63) is 45.5 Å². The maximum atomic E-state index is 10.9. The van der Waals surface area contributed by atoms with Crippen molar-refractivity contribution >= 4 is 17.0 Å². The first-order chi connectivity index (χ1) is 11.0.